The van der Waals surface area contributed by atoms with E-state index in [4.69, 9.17) is 14.6 Å². The fraction of sp³-hybridized carbons (Fsp3) is 0.625. The Morgan fingerprint density at radius 1 is 1.45 bits per heavy atom. The van der Waals surface area contributed by atoms with E-state index >= 15 is 0 Å². The maximum Gasteiger partial charge on any atom is 0.125 e. The van der Waals surface area contributed by atoms with Crippen LogP contribution in [0.4, 0.5) is 0 Å². The number of ether oxygens (including phenoxy) is 2. The lowest BCUT2D eigenvalue weighted by atomic mass is 10.1. The van der Waals surface area contributed by atoms with E-state index in [1.165, 1.54) is 18.4 Å². The molecule has 4 rings (SSSR count). The van der Waals surface area contributed by atoms with Crippen LogP contribution < -0.4 is 0 Å². The second-order valence-electron chi connectivity index (χ2n) is 6.19. The second kappa shape index (κ2) is 6.10. The normalized spacial score (nSPS) is 21.0. The highest BCUT2D eigenvalue weighted by Crippen LogP contribution is 2.32. The Kier molecular flexibility index (Phi) is 3.98. The molecule has 0 amide bonds. The van der Waals surface area contributed by atoms with Gasteiger partial charge in [-0.1, -0.05) is 0 Å². The quantitative estimate of drug-likeness (QED) is 0.821. The summed E-state index contributed by atoms with van der Waals surface area (Å²) in [5, 5.41) is 7.87. The molecule has 2 aromatic heterocycles. The van der Waals surface area contributed by atoms with Crippen LogP contribution in [0.5, 0.6) is 0 Å². The van der Waals surface area contributed by atoms with Crippen molar-refractivity contribution in [1.29, 1.82) is 0 Å². The van der Waals surface area contributed by atoms with Gasteiger partial charge in [0, 0.05) is 18.1 Å². The van der Waals surface area contributed by atoms with Gasteiger partial charge in [-0.15, -0.1) is 11.3 Å². The van der Waals surface area contributed by atoms with Gasteiger partial charge in [0.1, 0.15) is 6.10 Å². The number of aryl methyl sites for hydroxylation is 1. The molecule has 1 atom stereocenters. The van der Waals surface area contributed by atoms with Gasteiger partial charge in [-0.25, -0.2) is 4.98 Å². The van der Waals surface area contributed by atoms with E-state index in [1.807, 2.05) is 12.3 Å². The topological polar surface area (TPSA) is 49.2 Å². The molecule has 1 saturated carbocycles. The largest absolute Gasteiger partial charge is 0.372 e. The summed E-state index contributed by atoms with van der Waals surface area (Å²) < 4.78 is 13.8. The van der Waals surface area contributed by atoms with Gasteiger partial charge >= 0.3 is 0 Å². The molecule has 5 nitrogen and oxygen atoms in total. The molecule has 3 heterocycles. The molecule has 1 aliphatic carbocycles. The predicted octanol–water partition coefficient (Wildman–Crippen LogP) is 2.89. The Morgan fingerprint density at radius 3 is 3.14 bits per heavy atom. The van der Waals surface area contributed by atoms with Crippen LogP contribution in [-0.2, 0) is 29.0 Å². The van der Waals surface area contributed by atoms with Gasteiger partial charge in [-0.05, 0) is 37.7 Å². The second-order valence-corrected chi connectivity index (χ2v) is 7.25. The van der Waals surface area contributed by atoms with Crippen molar-refractivity contribution in [3.8, 4) is 0 Å². The Bertz CT molecular complexity index is 648. The number of fused-ring (bicyclic) bond motifs is 1. The average Bonchev–Trinajstić information content (AvgIpc) is 3.05. The molecule has 6 heteroatoms. The predicted molar refractivity (Wildman–Crippen MR) is 83.9 cm³/mol. The number of thiazole rings is 1. The fourth-order valence-electron chi connectivity index (χ4n) is 2.86. The highest BCUT2D eigenvalue weighted by Gasteiger charge is 2.27. The van der Waals surface area contributed by atoms with Crippen molar-refractivity contribution in [2.45, 2.75) is 45.4 Å². The first-order valence-corrected chi connectivity index (χ1v) is 8.82. The number of rotatable bonds is 6. The van der Waals surface area contributed by atoms with Crippen molar-refractivity contribution in [3.63, 3.8) is 0 Å². The van der Waals surface area contributed by atoms with Crippen molar-refractivity contribution in [3.05, 3.63) is 33.5 Å². The molecule has 2 aliphatic rings. The maximum absolute atomic E-state index is 5.86. The molecule has 0 unspecified atom stereocenters. The summed E-state index contributed by atoms with van der Waals surface area (Å²) in [5.74, 6) is 0.838. The molecule has 0 N–H and O–H groups in total. The van der Waals surface area contributed by atoms with Gasteiger partial charge in [0.25, 0.3) is 0 Å². The Hall–Kier alpha value is -1.24. The zero-order valence-electron chi connectivity index (χ0n) is 12.8. The molecule has 1 aliphatic heterocycles. The minimum atomic E-state index is -0.0380. The van der Waals surface area contributed by atoms with E-state index in [0.29, 0.717) is 13.2 Å². The summed E-state index contributed by atoms with van der Waals surface area (Å²) in [4.78, 5) is 4.41. The first-order valence-electron chi connectivity index (χ1n) is 7.94. The number of hydrogen-bond donors (Lipinski definition) is 0. The zero-order valence-corrected chi connectivity index (χ0v) is 13.6. The van der Waals surface area contributed by atoms with E-state index in [0.717, 1.165) is 41.9 Å². The van der Waals surface area contributed by atoms with Crippen molar-refractivity contribution < 1.29 is 9.47 Å². The van der Waals surface area contributed by atoms with Crippen LogP contribution in [-0.4, -0.2) is 28.0 Å². The lowest BCUT2D eigenvalue weighted by Gasteiger charge is -2.21. The van der Waals surface area contributed by atoms with Crippen molar-refractivity contribution in [2.75, 3.05) is 13.2 Å². The SMILES string of the molecule is Cc1nc(COC[C@@H]2OCCc3cn(CC4CC4)nc32)cs1. The lowest BCUT2D eigenvalue weighted by Crippen LogP contribution is -2.20. The van der Waals surface area contributed by atoms with Gasteiger partial charge < -0.3 is 9.47 Å². The van der Waals surface area contributed by atoms with Gasteiger partial charge in [0.2, 0.25) is 0 Å². The average molecular weight is 319 g/mol. The monoisotopic (exact) mass is 319 g/mol. The summed E-state index contributed by atoms with van der Waals surface area (Å²) in [6, 6.07) is 0. The summed E-state index contributed by atoms with van der Waals surface area (Å²) in [6.07, 6.45) is 5.82. The van der Waals surface area contributed by atoms with Crippen LogP contribution >= 0.6 is 11.3 Å². The van der Waals surface area contributed by atoms with Crippen molar-refractivity contribution in [1.82, 2.24) is 14.8 Å². The van der Waals surface area contributed by atoms with Crippen LogP contribution in [0.15, 0.2) is 11.6 Å². The molecule has 22 heavy (non-hydrogen) atoms. The molecule has 0 radical (unpaired) electrons. The van der Waals surface area contributed by atoms with E-state index in [2.05, 4.69) is 15.9 Å². The van der Waals surface area contributed by atoms with Gasteiger partial charge in [-0.3, -0.25) is 4.68 Å². The summed E-state index contributed by atoms with van der Waals surface area (Å²) in [7, 11) is 0. The molecule has 2 aromatic rings. The van der Waals surface area contributed by atoms with Gasteiger partial charge in [-0.2, -0.15) is 5.10 Å². The molecule has 0 saturated heterocycles. The van der Waals surface area contributed by atoms with Crippen molar-refractivity contribution in [2.24, 2.45) is 5.92 Å². The van der Waals surface area contributed by atoms with Crippen LogP contribution in [0.1, 0.15) is 40.9 Å². The molecule has 0 spiro atoms. The molecular formula is C16H21N3O2S. The molecule has 1 fully saturated rings. The highest BCUT2D eigenvalue weighted by atomic mass is 32.1. The zero-order chi connectivity index (χ0) is 14.9. The van der Waals surface area contributed by atoms with Gasteiger partial charge in [0.15, 0.2) is 0 Å². The summed E-state index contributed by atoms with van der Waals surface area (Å²) in [6.45, 7) is 4.91. The third-order valence-electron chi connectivity index (χ3n) is 4.19. The maximum atomic E-state index is 5.86. The van der Waals surface area contributed by atoms with E-state index in [-0.39, 0.29) is 6.10 Å². The molecule has 118 valence electrons. The smallest absolute Gasteiger partial charge is 0.125 e. The Balaban J connectivity index is 1.37. The highest BCUT2D eigenvalue weighted by molar-refractivity contribution is 7.09. The Morgan fingerprint density at radius 2 is 2.36 bits per heavy atom. The number of hydrogen-bond acceptors (Lipinski definition) is 5. The summed E-state index contributed by atoms with van der Waals surface area (Å²) >= 11 is 1.66. The fourth-order valence-corrected chi connectivity index (χ4v) is 3.46. The Labute approximate surface area is 134 Å². The van der Waals surface area contributed by atoms with Gasteiger partial charge in [0.05, 0.1) is 36.2 Å². The summed E-state index contributed by atoms with van der Waals surface area (Å²) in [5.41, 5.74) is 3.39. The number of aromatic nitrogens is 3. The first kappa shape index (κ1) is 14.4. The van der Waals surface area contributed by atoms with E-state index in [9.17, 15) is 0 Å². The minimum Gasteiger partial charge on any atom is -0.372 e. The minimum absolute atomic E-state index is 0.0380. The lowest BCUT2D eigenvalue weighted by molar-refractivity contribution is -0.0326. The standard InChI is InChI=1S/C16H21N3O2S/c1-11-17-14(10-22-11)8-20-9-15-16-13(4-5-21-15)7-19(18-16)6-12-2-3-12/h7,10,12,15H,2-6,8-9H2,1H3/t15-/m0/s1. The molecule has 0 bridgehead atoms. The number of nitrogens with zero attached hydrogens (tertiary/aromatic N) is 3. The molecule has 0 aromatic carbocycles. The van der Waals surface area contributed by atoms with Crippen LogP contribution in [0, 0.1) is 12.8 Å². The molecular weight excluding hydrogens is 298 g/mol. The van der Waals surface area contributed by atoms with E-state index < -0.39 is 0 Å². The van der Waals surface area contributed by atoms with Crippen molar-refractivity contribution >= 4 is 11.3 Å². The van der Waals surface area contributed by atoms with Crippen LogP contribution in [0.25, 0.3) is 0 Å². The first-order chi connectivity index (χ1) is 10.8. The van der Waals surface area contributed by atoms with Crippen LogP contribution in [0.3, 0.4) is 0 Å². The van der Waals surface area contributed by atoms with Crippen LogP contribution in [0.2, 0.25) is 0 Å². The van der Waals surface area contributed by atoms with E-state index in [1.54, 1.807) is 11.3 Å². The third kappa shape index (κ3) is 3.24. The third-order valence-corrected chi connectivity index (χ3v) is 5.02.